The van der Waals surface area contributed by atoms with Gasteiger partial charge in [0.2, 0.25) is 0 Å². The maximum atomic E-state index is 12.6. The average molecular weight is 302 g/mol. The lowest BCUT2D eigenvalue weighted by Gasteiger charge is -2.32. The number of aliphatic hydroxyl groups is 1. The minimum absolute atomic E-state index is 0.00567. The van der Waals surface area contributed by atoms with Crippen molar-refractivity contribution < 1.29 is 9.90 Å². The number of likely N-dealkylation sites (tertiary alicyclic amines) is 1. The molecule has 4 nitrogen and oxygen atoms in total. The first kappa shape index (κ1) is 15.5. The highest BCUT2D eigenvalue weighted by molar-refractivity contribution is 5.94. The predicted octanol–water partition coefficient (Wildman–Crippen LogP) is 2.05. The highest BCUT2D eigenvalue weighted by Gasteiger charge is 2.41. The van der Waals surface area contributed by atoms with E-state index in [4.69, 9.17) is 0 Å². The molecule has 0 unspecified atom stereocenters. The molecule has 0 spiro atoms. The zero-order valence-electron chi connectivity index (χ0n) is 13.5. The summed E-state index contributed by atoms with van der Waals surface area (Å²) in [4.78, 5) is 16.8. The average Bonchev–Trinajstić information content (AvgIpc) is 3.16. The number of hydrogen-bond acceptors (Lipinski definition) is 3. The molecule has 2 fully saturated rings. The van der Waals surface area contributed by atoms with Crippen LogP contribution in [-0.2, 0) is 0 Å². The third kappa shape index (κ3) is 2.90. The van der Waals surface area contributed by atoms with E-state index in [9.17, 15) is 9.90 Å². The van der Waals surface area contributed by atoms with Gasteiger partial charge < -0.3 is 10.0 Å². The highest BCUT2D eigenvalue weighted by atomic mass is 16.3. The third-order valence-corrected chi connectivity index (χ3v) is 5.27. The van der Waals surface area contributed by atoms with Gasteiger partial charge in [-0.3, -0.25) is 9.69 Å². The summed E-state index contributed by atoms with van der Waals surface area (Å²) < 4.78 is 0. The van der Waals surface area contributed by atoms with Crippen molar-refractivity contribution in [3.05, 3.63) is 35.4 Å². The van der Waals surface area contributed by atoms with Crippen LogP contribution in [0.2, 0.25) is 0 Å². The second kappa shape index (κ2) is 6.39. The number of nitrogens with zero attached hydrogens (tertiary/aromatic N) is 2. The number of benzene rings is 1. The first-order valence-corrected chi connectivity index (χ1v) is 8.34. The van der Waals surface area contributed by atoms with Gasteiger partial charge in [0, 0.05) is 18.7 Å². The van der Waals surface area contributed by atoms with E-state index in [1.165, 1.54) is 12.8 Å². The fourth-order valence-electron chi connectivity index (χ4n) is 3.88. The molecule has 3 rings (SSSR count). The summed E-state index contributed by atoms with van der Waals surface area (Å²) >= 11 is 0. The lowest BCUT2D eigenvalue weighted by atomic mass is 10.1. The fraction of sp³-hybridized carbons (Fsp3) is 0.611. The van der Waals surface area contributed by atoms with Crippen molar-refractivity contribution in [1.82, 2.24) is 9.80 Å². The predicted molar refractivity (Wildman–Crippen MR) is 86.9 cm³/mol. The number of aliphatic hydroxyl groups excluding tert-OH is 1. The van der Waals surface area contributed by atoms with E-state index in [1.807, 2.05) is 38.2 Å². The summed E-state index contributed by atoms with van der Waals surface area (Å²) in [6.07, 6.45) is 3.89. The largest absolute Gasteiger partial charge is 0.389 e. The lowest BCUT2D eigenvalue weighted by molar-refractivity contribution is 0.0296. The summed E-state index contributed by atoms with van der Waals surface area (Å²) in [5, 5.41) is 10.7. The van der Waals surface area contributed by atoms with Gasteiger partial charge in [-0.1, -0.05) is 17.7 Å². The number of carbonyl (C=O) groups is 1. The van der Waals surface area contributed by atoms with Gasteiger partial charge >= 0.3 is 0 Å². The van der Waals surface area contributed by atoms with Gasteiger partial charge in [0.05, 0.1) is 12.1 Å². The second-order valence-corrected chi connectivity index (χ2v) is 6.73. The van der Waals surface area contributed by atoms with E-state index in [1.54, 1.807) is 4.90 Å². The van der Waals surface area contributed by atoms with E-state index >= 15 is 0 Å². The SMILES string of the molecule is Cc1ccc(C(=O)N(C)[C@@H]2CC[C@@H](N3CCCC3)[C@@H]2O)cc1. The molecule has 1 aliphatic heterocycles. The number of carbonyl (C=O) groups excluding carboxylic acids is 1. The number of aryl methyl sites for hydroxylation is 1. The molecule has 2 aliphatic rings. The van der Waals surface area contributed by atoms with Gasteiger partial charge in [0.15, 0.2) is 0 Å². The standard InChI is InChI=1S/C18H26N2O2/c1-13-5-7-14(8-6-13)18(22)19(2)15-9-10-16(17(15)21)20-11-3-4-12-20/h5-8,15-17,21H,3-4,9-12H2,1-2H3/t15-,16-,17-/m1/s1. The lowest BCUT2D eigenvalue weighted by Crippen LogP contribution is -2.48. The molecule has 0 radical (unpaired) electrons. The molecule has 1 heterocycles. The molecular formula is C18H26N2O2. The van der Waals surface area contributed by atoms with Crippen molar-refractivity contribution in [1.29, 1.82) is 0 Å². The number of likely N-dealkylation sites (N-methyl/N-ethyl adjacent to an activating group) is 1. The van der Waals surface area contributed by atoms with Gasteiger partial charge in [-0.05, 0) is 57.8 Å². The zero-order chi connectivity index (χ0) is 15.7. The van der Waals surface area contributed by atoms with Crippen molar-refractivity contribution in [3.63, 3.8) is 0 Å². The molecule has 1 saturated heterocycles. The van der Waals surface area contributed by atoms with Crippen LogP contribution in [-0.4, -0.2) is 59.1 Å². The quantitative estimate of drug-likeness (QED) is 0.929. The summed E-state index contributed by atoms with van der Waals surface area (Å²) in [6, 6.07) is 7.80. The summed E-state index contributed by atoms with van der Waals surface area (Å²) in [5.41, 5.74) is 1.85. The van der Waals surface area contributed by atoms with E-state index in [0.717, 1.165) is 31.5 Å². The van der Waals surface area contributed by atoms with Crippen LogP contribution in [0, 0.1) is 6.92 Å². The monoisotopic (exact) mass is 302 g/mol. The van der Waals surface area contributed by atoms with Gasteiger partial charge in [0.25, 0.3) is 5.91 Å². The number of hydrogen-bond donors (Lipinski definition) is 1. The molecule has 0 aromatic heterocycles. The molecule has 1 aromatic rings. The van der Waals surface area contributed by atoms with Crippen molar-refractivity contribution in [2.24, 2.45) is 0 Å². The highest BCUT2D eigenvalue weighted by Crippen LogP contribution is 2.30. The Morgan fingerprint density at radius 2 is 1.82 bits per heavy atom. The molecule has 22 heavy (non-hydrogen) atoms. The number of rotatable bonds is 3. The van der Waals surface area contributed by atoms with Crippen LogP contribution in [0.3, 0.4) is 0 Å². The van der Waals surface area contributed by atoms with E-state index in [-0.39, 0.29) is 18.0 Å². The Labute approximate surface area is 132 Å². The minimum Gasteiger partial charge on any atom is -0.389 e. The van der Waals surface area contributed by atoms with Gasteiger partial charge in [-0.15, -0.1) is 0 Å². The topological polar surface area (TPSA) is 43.8 Å². The molecule has 3 atom stereocenters. The van der Waals surface area contributed by atoms with Crippen LogP contribution in [0.25, 0.3) is 0 Å². The molecule has 120 valence electrons. The molecule has 1 amide bonds. The molecule has 4 heteroatoms. The Kier molecular flexibility index (Phi) is 4.50. The summed E-state index contributed by atoms with van der Waals surface area (Å²) in [7, 11) is 1.82. The van der Waals surface area contributed by atoms with Crippen molar-refractivity contribution in [2.75, 3.05) is 20.1 Å². The Hall–Kier alpha value is -1.39. The van der Waals surface area contributed by atoms with Gasteiger partial charge in [-0.2, -0.15) is 0 Å². The first-order chi connectivity index (χ1) is 10.6. The Morgan fingerprint density at radius 3 is 2.45 bits per heavy atom. The maximum Gasteiger partial charge on any atom is 0.253 e. The van der Waals surface area contributed by atoms with Crippen LogP contribution in [0.5, 0.6) is 0 Å². The zero-order valence-corrected chi connectivity index (χ0v) is 13.5. The normalized spacial score (nSPS) is 29.0. The maximum absolute atomic E-state index is 12.6. The molecule has 1 saturated carbocycles. The Morgan fingerprint density at radius 1 is 1.18 bits per heavy atom. The van der Waals surface area contributed by atoms with Crippen LogP contribution in [0.4, 0.5) is 0 Å². The number of amides is 1. The fourth-order valence-corrected chi connectivity index (χ4v) is 3.88. The van der Waals surface area contributed by atoms with Crippen LogP contribution >= 0.6 is 0 Å². The first-order valence-electron chi connectivity index (χ1n) is 8.34. The smallest absolute Gasteiger partial charge is 0.253 e. The second-order valence-electron chi connectivity index (χ2n) is 6.73. The van der Waals surface area contributed by atoms with Crippen LogP contribution in [0.15, 0.2) is 24.3 Å². The van der Waals surface area contributed by atoms with E-state index < -0.39 is 6.10 Å². The van der Waals surface area contributed by atoms with E-state index in [0.29, 0.717) is 5.56 Å². The molecule has 1 N–H and O–H groups in total. The Bertz CT molecular complexity index is 522. The van der Waals surface area contributed by atoms with Crippen molar-refractivity contribution in [3.8, 4) is 0 Å². The third-order valence-electron chi connectivity index (χ3n) is 5.27. The van der Waals surface area contributed by atoms with Crippen molar-refractivity contribution >= 4 is 5.91 Å². The summed E-state index contributed by atoms with van der Waals surface area (Å²) in [6.45, 7) is 4.19. The van der Waals surface area contributed by atoms with Gasteiger partial charge in [0.1, 0.15) is 0 Å². The van der Waals surface area contributed by atoms with E-state index in [2.05, 4.69) is 4.90 Å². The molecule has 1 aliphatic carbocycles. The Balaban J connectivity index is 1.68. The van der Waals surface area contributed by atoms with Gasteiger partial charge in [-0.25, -0.2) is 0 Å². The summed E-state index contributed by atoms with van der Waals surface area (Å²) in [5.74, 6) is 0.00567. The van der Waals surface area contributed by atoms with Crippen LogP contribution < -0.4 is 0 Å². The molecular weight excluding hydrogens is 276 g/mol. The van der Waals surface area contributed by atoms with Crippen molar-refractivity contribution in [2.45, 2.75) is 50.8 Å². The minimum atomic E-state index is -0.433. The molecule has 1 aromatic carbocycles. The molecule has 0 bridgehead atoms. The van der Waals surface area contributed by atoms with Crippen LogP contribution in [0.1, 0.15) is 41.6 Å².